The molecule has 2 heteroatoms. The van der Waals surface area contributed by atoms with Gasteiger partial charge in [0.1, 0.15) is 5.75 Å². The molecule has 0 atom stereocenters. The van der Waals surface area contributed by atoms with Gasteiger partial charge in [-0.05, 0) is 67.0 Å². The van der Waals surface area contributed by atoms with Gasteiger partial charge in [-0.1, -0.05) is 95.4 Å². The lowest BCUT2D eigenvalue weighted by molar-refractivity contribution is 0.0734. The first-order chi connectivity index (χ1) is 15.2. The number of benzene rings is 2. The Morgan fingerprint density at radius 3 is 2.10 bits per heavy atom. The molecule has 0 N–H and O–H groups in total. The van der Waals surface area contributed by atoms with Crippen LogP contribution in [-0.2, 0) is 12.8 Å². The molecule has 0 bridgehead atoms. The van der Waals surface area contributed by atoms with Gasteiger partial charge in [0.25, 0.3) is 0 Å². The third-order valence-corrected chi connectivity index (χ3v) is 6.71. The van der Waals surface area contributed by atoms with Gasteiger partial charge in [-0.25, -0.2) is 4.79 Å². The van der Waals surface area contributed by atoms with Crippen LogP contribution in [0.1, 0.15) is 105 Å². The summed E-state index contributed by atoms with van der Waals surface area (Å²) < 4.78 is 5.59. The van der Waals surface area contributed by atoms with Crippen LogP contribution in [-0.4, -0.2) is 5.97 Å². The van der Waals surface area contributed by atoms with Gasteiger partial charge < -0.3 is 4.74 Å². The Bertz CT molecular complexity index is 754. The molecule has 2 aromatic carbocycles. The Morgan fingerprint density at radius 1 is 0.774 bits per heavy atom. The van der Waals surface area contributed by atoms with Crippen LogP contribution >= 0.6 is 0 Å². The molecule has 0 aliphatic heterocycles. The van der Waals surface area contributed by atoms with Crippen molar-refractivity contribution in [3.05, 3.63) is 65.2 Å². The fourth-order valence-electron chi connectivity index (χ4n) is 4.65. The monoisotopic (exact) mass is 420 g/mol. The second-order valence-corrected chi connectivity index (χ2v) is 9.29. The number of esters is 1. The maximum Gasteiger partial charge on any atom is 0.343 e. The third-order valence-electron chi connectivity index (χ3n) is 6.71. The molecule has 168 valence electrons. The molecule has 0 spiro atoms. The van der Waals surface area contributed by atoms with Gasteiger partial charge in [-0.2, -0.15) is 0 Å². The molecule has 0 amide bonds. The summed E-state index contributed by atoms with van der Waals surface area (Å²) in [5, 5.41) is 0. The Balaban J connectivity index is 1.39. The molecule has 2 nitrogen and oxygen atoms in total. The van der Waals surface area contributed by atoms with E-state index in [4.69, 9.17) is 4.74 Å². The highest BCUT2D eigenvalue weighted by Crippen LogP contribution is 2.27. The predicted molar refractivity (Wildman–Crippen MR) is 130 cm³/mol. The number of carbonyl (C=O) groups excluding carboxylic acids is 1. The Labute approximate surface area is 189 Å². The van der Waals surface area contributed by atoms with Crippen molar-refractivity contribution in [3.63, 3.8) is 0 Å². The van der Waals surface area contributed by atoms with E-state index in [1.807, 2.05) is 24.3 Å². The number of hydrogen-bond acceptors (Lipinski definition) is 2. The number of ether oxygens (including phenoxy) is 1. The Hall–Kier alpha value is -2.09. The molecule has 2 aromatic rings. The molecule has 0 heterocycles. The molecule has 1 saturated carbocycles. The molecule has 0 radical (unpaired) electrons. The van der Waals surface area contributed by atoms with E-state index in [9.17, 15) is 4.79 Å². The van der Waals surface area contributed by atoms with E-state index in [-0.39, 0.29) is 5.97 Å². The van der Waals surface area contributed by atoms with E-state index in [2.05, 4.69) is 31.2 Å². The Kier molecular flexibility index (Phi) is 10.2. The minimum absolute atomic E-state index is 0.277. The van der Waals surface area contributed by atoms with Crippen molar-refractivity contribution in [2.24, 2.45) is 5.92 Å². The van der Waals surface area contributed by atoms with Crippen LogP contribution in [0.3, 0.4) is 0 Å². The lowest BCUT2D eigenvalue weighted by Gasteiger charge is -2.21. The summed E-state index contributed by atoms with van der Waals surface area (Å²) in [5.74, 6) is 1.25. The molecule has 0 unspecified atom stereocenters. The first-order valence-corrected chi connectivity index (χ1v) is 12.6. The molecule has 1 aliphatic rings. The van der Waals surface area contributed by atoms with Crippen LogP contribution in [0.15, 0.2) is 48.5 Å². The standard InChI is InChI=1S/C29H40O2/c1-2-3-4-5-6-8-13-25-16-20-27(21-17-25)29(30)31-28-22-18-26(19-23-28)15-14-24-11-9-7-10-12-24/h16-24H,2-15H2,1H3. The van der Waals surface area contributed by atoms with Crippen molar-refractivity contribution in [1.29, 1.82) is 0 Å². The molecule has 1 fully saturated rings. The average molecular weight is 421 g/mol. The molecule has 3 rings (SSSR count). The van der Waals surface area contributed by atoms with Crippen LogP contribution in [0.25, 0.3) is 0 Å². The minimum Gasteiger partial charge on any atom is -0.423 e. The maximum absolute atomic E-state index is 12.5. The van der Waals surface area contributed by atoms with Crippen molar-refractivity contribution in [2.45, 2.75) is 96.8 Å². The Morgan fingerprint density at radius 2 is 1.39 bits per heavy atom. The van der Waals surface area contributed by atoms with Crippen LogP contribution in [0.5, 0.6) is 5.75 Å². The number of unbranched alkanes of at least 4 members (excludes halogenated alkanes) is 5. The van der Waals surface area contributed by atoms with Crippen molar-refractivity contribution >= 4 is 5.97 Å². The minimum atomic E-state index is -0.277. The van der Waals surface area contributed by atoms with Crippen molar-refractivity contribution in [1.82, 2.24) is 0 Å². The van der Waals surface area contributed by atoms with Gasteiger partial charge in [0.2, 0.25) is 0 Å². The summed E-state index contributed by atoms with van der Waals surface area (Å²) in [4.78, 5) is 12.5. The van der Waals surface area contributed by atoms with Gasteiger partial charge in [-0.15, -0.1) is 0 Å². The zero-order chi connectivity index (χ0) is 21.7. The lowest BCUT2D eigenvalue weighted by atomic mass is 9.85. The molecule has 0 saturated heterocycles. The van der Waals surface area contributed by atoms with E-state index < -0.39 is 0 Å². The molecular formula is C29H40O2. The molecule has 1 aliphatic carbocycles. The molecular weight excluding hydrogens is 380 g/mol. The maximum atomic E-state index is 12.5. The second kappa shape index (κ2) is 13.3. The van der Waals surface area contributed by atoms with Crippen LogP contribution in [0, 0.1) is 5.92 Å². The number of hydrogen-bond donors (Lipinski definition) is 0. The fraction of sp³-hybridized carbons (Fsp3) is 0.552. The normalized spacial score (nSPS) is 14.5. The highest BCUT2D eigenvalue weighted by molar-refractivity contribution is 5.91. The van der Waals surface area contributed by atoms with E-state index >= 15 is 0 Å². The zero-order valence-corrected chi connectivity index (χ0v) is 19.4. The van der Waals surface area contributed by atoms with E-state index in [0.717, 1.165) is 18.8 Å². The number of carbonyl (C=O) groups is 1. The lowest BCUT2D eigenvalue weighted by Crippen LogP contribution is -2.09. The van der Waals surface area contributed by atoms with Gasteiger partial charge >= 0.3 is 5.97 Å². The average Bonchev–Trinajstić information content (AvgIpc) is 2.82. The second-order valence-electron chi connectivity index (χ2n) is 9.29. The third kappa shape index (κ3) is 8.51. The topological polar surface area (TPSA) is 26.3 Å². The summed E-state index contributed by atoms with van der Waals surface area (Å²) in [6.45, 7) is 2.25. The smallest absolute Gasteiger partial charge is 0.343 e. The van der Waals surface area contributed by atoms with E-state index in [1.54, 1.807) is 0 Å². The largest absolute Gasteiger partial charge is 0.423 e. The summed E-state index contributed by atoms with van der Waals surface area (Å²) >= 11 is 0. The van der Waals surface area contributed by atoms with Gasteiger partial charge in [0.15, 0.2) is 0 Å². The number of rotatable bonds is 12. The van der Waals surface area contributed by atoms with E-state index in [1.165, 1.54) is 88.2 Å². The molecule has 0 aromatic heterocycles. The zero-order valence-electron chi connectivity index (χ0n) is 19.4. The molecule has 31 heavy (non-hydrogen) atoms. The highest BCUT2D eigenvalue weighted by atomic mass is 16.5. The first kappa shape index (κ1) is 23.6. The van der Waals surface area contributed by atoms with Crippen LogP contribution < -0.4 is 4.74 Å². The van der Waals surface area contributed by atoms with Gasteiger partial charge in [-0.3, -0.25) is 0 Å². The summed E-state index contributed by atoms with van der Waals surface area (Å²) in [7, 11) is 0. The van der Waals surface area contributed by atoms with Crippen molar-refractivity contribution in [3.8, 4) is 5.75 Å². The first-order valence-electron chi connectivity index (χ1n) is 12.6. The van der Waals surface area contributed by atoms with Crippen LogP contribution in [0.2, 0.25) is 0 Å². The summed E-state index contributed by atoms with van der Waals surface area (Å²) in [6.07, 6.45) is 18.3. The highest BCUT2D eigenvalue weighted by Gasteiger charge is 2.13. The van der Waals surface area contributed by atoms with Gasteiger partial charge in [0, 0.05) is 0 Å². The predicted octanol–water partition coefficient (Wildman–Crippen LogP) is 8.32. The van der Waals surface area contributed by atoms with Crippen molar-refractivity contribution < 1.29 is 9.53 Å². The van der Waals surface area contributed by atoms with Crippen molar-refractivity contribution in [2.75, 3.05) is 0 Å². The SMILES string of the molecule is CCCCCCCCc1ccc(C(=O)Oc2ccc(CCC3CCCCC3)cc2)cc1. The quantitative estimate of drug-likeness (QED) is 0.196. The summed E-state index contributed by atoms with van der Waals surface area (Å²) in [5.41, 5.74) is 3.26. The summed E-state index contributed by atoms with van der Waals surface area (Å²) in [6, 6.07) is 16.0. The van der Waals surface area contributed by atoms with Crippen LogP contribution in [0.4, 0.5) is 0 Å². The number of aryl methyl sites for hydroxylation is 2. The van der Waals surface area contributed by atoms with Gasteiger partial charge in [0.05, 0.1) is 5.56 Å². The fourth-order valence-corrected chi connectivity index (χ4v) is 4.65. The van der Waals surface area contributed by atoms with E-state index in [0.29, 0.717) is 11.3 Å².